The highest BCUT2D eigenvalue weighted by Gasteiger charge is 2.40. The third kappa shape index (κ3) is 6.12. The van der Waals surface area contributed by atoms with E-state index >= 15 is 0 Å². The fourth-order valence-electron chi connectivity index (χ4n) is 3.77. The van der Waals surface area contributed by atoms with E-state index in [0.29, 0.717) is 12.5 Å². The van der Waals surface area contributed by atoms with Crippen LogP contribution in [0.1, 0.15) is 42.4 Å². The number of aliphatic imine (C=N–C) groups is 1. The number of hydrogen-bond donors (Lipinski definition) is 2. The third-order valence-corrected chi connectivity index (χ3v) is 5.62. The molecule has 0 bridgehead atoms. The summed E-state index contributed by atoms with van der Waals surface area (Å²) in [6.07, 6.45) is 4.18. The minimum Gasteiger partial charge on any atom is -0.356 e. The first-order chi connectivity index (χ1) is 13.8. The largest absolute Gasteiger partial charge is 0.416 e. The second kappa shape index (κ2) is 10.5. The Morgan fingerprint density at radius 1 is 1.27 bits per heavy atom. The Morgan fingerprint density at radius 2 is 2.03 bits per heavy atom. The molecular formula is C21H29F3IN5. The lowest BCUT2D eigenvalue weighted by Crippen LogP contribution is -2.49. The molecule has 3 rings (SSSR count). The lowest BCUT2D eigenvalue weighted by Gasteiger charge is -2.43. The fourth-order valence-corrected chi connectivity index (χ4v) is 3.77. The molecule has 0 atom stereocenters. The molecule has 0 saturated heterocycles. The van der Waals surface area contributed by atoms with Crippen LogP contribution in [-0.2, 0) is 25.1 Å². The van der Waals surface area contributed by atoms with Crippen molar-refractivity contribution in [2.45, 2.75) is 43.7 Å². The number of nitrogens with zero attached hydrogens (tertiary/aromatic N) is 3. The van der Waals surface area contributed by atoms with Crippen molar-refractivity contribution in [2.75, 3.05) is 20.1 Å². The minimum absolute atomic E-state index is 0. The van der Waals surface area contributed by atoms with Gasteiger partial charge in [-0.1, -0.05) is 24.6 Å². The molecule has 1 aliphatic rings. The van der Waals surface area contributed by atoms with Gasteiger partial charge in [0, 0.05) is 38.8 Å². The molecule has 1 aliphatic carbocycles. The lowest BCUT2D eigenvalue weighted by atomic mass is 9.64. The van der Waals surface area contributed by atoms with Crippen molar-refractivity contribution >= 4 is 29.9 Å². The molecule has 0 aliphatic heterocycles. The summed E-state index contributed by atoms with van der Waals surface area (Å²) in [7, 11) is 3.60. The third-order valence-electron chi connectivity index (χ3n) is 5.62. The van der Waals surface area contributed by atoms with Crippen molar-refractivity contribution in [3.63, 3.8) is 0 Å². The first-order valence-electron chi connectivity index (χ1n) is 9.92. The minimum atomic E-state index is -4.32. The molecule has 9 heteroatoms. The summed E-state index contributed by atoms with van der Waals surface area (Å²) < 4.78 is 41.1. The van der Waals surface area contributed by atoms with Gasteiger partial charge >= 0.3 is 6.18 Å². The Labute approximate surface area is 192 Å². The molecule has 1 fully saturated rings. The molecule has 0 unspecified atom stereocenters. The van der Waals surface area contributed by atoms with Gasteiger partial charge in [0.1, 0.15) is 0 Å². The van der Waals surface area contributed by atoms with Crippen molar-refractivity contribution in [1.82, 2.24) is 20.4 Å². The normalized spacial score (nSPS) is 15.8. The summed E-state index contributed by atoms with van der Waals surface area (Å²) in [4.78, 5) is 4.25. The molecule has 1 aromatic heterocycles. The SMILES string of the molecule is CN=C(NCCCc1cnn(C)c1)NCC1(c2cccc(C(F)(F)F)c2)CCC1.I. The van der Waals surface area contributed by atoms with Gasteiger partial charge in [0.05, 0.1) is 11.8 Å². The molecular weight excluding hydrogens is 506 g/mol. The van der Waals surface area contributed by atoms with Crippen LogP contribution >= 0.6 is 24.0 Å². The predicted molar refractivity (Wildman–Crippen MR) is 123 cm³/mol. The second-order valence-electron chi connectivity index (χ2n) is 7.69. The number of hydrogen-bond acceptors (Lipinski definition) is 2. The molecule has 1 saturated carbocycles. The van der Waals surface area contributed by atoms with Gasteiger partial charge in [0.15, 0.2) is 5.96 Å². The highest BCUT2D eigenvalue weighted by molar-refractivity contribution is 14.0. The molecule has 0 spiro atoms. The zero-order chi connectivity index (χ0) is 20.9. The van der Waals surface area contributed by atoms with Crippen LogP contribution in [-0.4, -0.2) is 35.9 Å². The fraction of sp³-hybridized carbons (Fsp3) is 0.524. The van der Waals surface area contributed by atoms with Crippen LogP contribution in [0.3, 0.4) is 0 Å². The van der Waals surface area contributed by atoms with E-state index in [4.69, 9.17) is 0 Å². The smallest absolute Gasteiger partial charge is 0.356 e. The van der Waals surface area contributed by atoms with Gasteiger partial charge in [-0.15, -0.1) is 24.0 Å². The Bertz CT molecular complexity index is 843. The number of aryl methyl sites for hydroxylation is 2. The maximum atomic E-state index is 13.1. The zero-order valence-electron chi connectivity index (χ0n) is 17.3. The van der Waals surface area contributed by atoms with E-state index in [9.17, 15) is 13.2 Å². The second-order valence-corrected chi connectivity index (χ2v) is 7.69. The molecule has 166 valence electrons. The Kier molecular flexibility index (Phi) is 8.57. The van der Waals surface area contributed by atoms with Gasteiger partial charge in [-0.2, -0.15) is 18.3 Å². The summed E-state index contributed by atoms with van der Waals surface area (Å²) in [6.45, 7) is 1.32. The molecule has 2 aromatic rings. The average molecular weight is 535 g/mol. The van der Waals surface area contributed by atoms with E-state index in [1.165, 1.54) is 17.7 Å². The molecule has 30 heavy (non-hydrogen) atoms. The molecule has 0 radical (unpaired) electrons. The van der Waals surface area contributed by atoms with Crippen LogP contribution in [0.15, 0.2) is 41.7 Å². The number of alkyl halides is 3. The molecule has 1 aromatic carbocycles. The van der Waals surface area contributed by atoms with Crippen LogP contribution in [0.4, 0.5) is 13.2 Å². The first kappa shape index (κ1) is 24.5. The van der Waals surface area contributed by atoms with Gasteiger partial charge in [-0.05, 0) is 42.9 Å². The Hall–Kier alpha value is -1.78. The van der Waals surface area contributed by atoms with Gasteiger partial charge in [-0.25, -0.2) is 0 Å². The van der Waals surface area contributed by atoms with Gasteiger partial charge in [0.2, 0.25) is 0 Å². The predicted octanol–water partition coefficient (Wildman–Crippen LogP) is 4.28. The van der Waals surface area contributed by atoms with Crippen LogP contribution in [0.2, 0.25) is 0 Å². The maximum absolute atomic E-state index is 13.1. The van der Waals surface area contributed by atoms with E-state index in [1.807, 2.05) is 19.4 Å². The molecule has 0 amide bonds. The molecule has 1 heterocycles. The highest BCUT2D eigenvalue weighted by Crippen LogP contribution is 2.44. The lowest BCUT2D eigenvalue weighted by molar-refractivity contribution is -0.137. The van der Waals surface area contributed by atoms with Gasteiger partial charge in [0.25, 0.3) is 0 Å². The van der Waals surface area contributed by atoms with E-state index < -0.39 is 11.7 Å². The quantitative estimate of drug-likeness (QED) is 0.241. The van der Waals surface area contributed by atoms with Crippen molar-refractivity contribution in [3.8, 4) is 0 Å². The molecule has 5 nitrogen and oxygen atoms in total. The monoisotopic (exact) mass is 535 g/mol. The summed E-state index contributed by atoms with van der Waals surface area (Å²) in [6, 6.07) is 5.74. The number of nitrogens with one attached hydrogen (secondary N) is 2. The summed E-state index contributed by atoms with van der Waals surface area (Å²) in [5.74, 6) is 0.675. The standard InChI is InChI=1S/C21H28F3N5.HI/c1-25-19(26-11-4-6-16-13-28-29(2)14-16)27-15-20(9-5-10-20)17-7-3-8-18(12-17)21(22,23)24;/h3,7-8,12-14H,4-6,9-11,15H2,1-2H3,(H2,25,26,27);1H. The zero-order valence-corrected chi connectivity index (χ0v) is 19.6. The van der Waals surface area contributed by atoms with Gasteiger partial charge in [-0.3, -0.25) is 9.67 Å². The topological polar surface area (TPSA) is 54.2 Å². The first-order valence-corrected chi connectivity index (χ1v) is 9.92. The van der Waals surface area contributed by atoms with Crippen molar-refractivity contribution in [1.29, 1.82) is 0 Å². The Morgan fingerprint density at radius 3 is 2.60 bits per heavy atom. The number of aromatic nitrogens is 2. The Balaban J connectivity index is 0.00000320. The highest BCUT2D eigenvalue weighted by atomic mass is 127. The van der Waals surface area contributed by atoms with E-state index in [0.717, 1.165) is 50.3 Å². The van der Waals surface area contributed by atoms with E-state index in [2.05, 4.69) is 20.7 Å². The van der Waals surface area contributed by atoms with Crippen molar-refractivity contribution in [3.05, 3.63) is 53.3 Å². The van der Waals surface area contributed by atoms with Crippen LogP contribution in [0, 0.1) is 0 Å². The summed E-state index contributed by atoms with van der Waals surface area (Å²) in [5, 5.41) is 10.8. The number of rotatable bonds is 7. The van der Waals surface area contributed by atoms with Crippen molar-refractivity contribution < 1.29 is 13.2 Å². The van der Waals surface area contributed by atoms with Crippen molar-refractivity contribution in [2.24, 2.45) is 12.0 Å². The van der Waals surface area contributed by atoms with Gasteiger partial charge < -0.3 is 10.6 Å². The number of guanidine groups is 1. The number of halogens is 4. The van der Waals surface area contributed by atoms with Crippen LogP contribution in [0.25, 0.3) is 0 Å². The maximum Gasteiger partial charge on any atom is 0.416 e. The molecule has 2 N–H and O–H groups in total. The van der Waals surface area contributed by atoms with E-state index in [-0.39, 0.29) is 29.4 Å². The van der Waals surface area contributed by atoms with E-state index in [1.54, 1.807) is 17.8 Å². The average Bonchev–Trinajstić information content (AvgIpc) is 3.07. The number of benzene rings is 1. The summed E-state index contributed by atoms with van der Waals surface area (Å²) in [5.41, 5.74) is 1.08. The summed E-state index contributed by atoms with van der Waals surface area (Å²) >= 11 is 0. The van der Waals surface area contributed by atoms with Crippen LogP contribution < -0.4 is 10.6 Å². The van der Waals surface area contributed by atoms with Crippen LogP contribution in [0.5, 0.6) is 0 Å².